The summed E-state index contributed by atoms with van der Waals surface area (Å²) in [5.74, 6) is -0.903. The molecule has 0 N–H and O–H groups in total. The standard InChI is InChI=1S/C21H20F2N2OS/c1-13-5-4-6-15(7-13)10-19-14(2)24-21(25(3)20(19)26)27-12-16-8-17(22)11-18(23)9-16/h4-9,11H,10,12H2,1-3H3. The molecule has 3 nitrogen and oxygen atoms in total. The first-order valence-electron chi connectivity index (χ1n) is 8.53. The summed E-state index contributed by atoms with van der Waals surface area (Å²) < 4.78 is 28.2. The Kier molecular flexibility index (Phi) is 5.75. The van der Waals surface area contributed by atoms with Crippen molar-refractivity contribution >= 4 is 11.8 Å². The van der Waals surface area contributed by atoms with Crippen LogP contribution in [0.4, 0.5) is 8.78 Å². The molecule has 0 saturated heterocycles. The van der Waals surface area contributed by atoms with Crippen LogP contribution in [0.5, 0.6) is 0 Å². The van der Waals surface area contributed by atoms with Gasteiger partial charge in [0.05, 0.1) is 0 Å². The SMILES string of the molecule is Cc1cccc(Cc2c(C)nc(SCc3cc(F)cc(F)c3)n(C)c2=O)c1. The number of benzene rings is 2. The minimum atomic E-state index is -0.614. The molecule has 140 valence electrons. The second kappa shape index (κ2) is 8.05. The van der Waals surface area contributed by atoms with Crippen molar-refractivity contribution in [3.05, 3.63) is 92.4 Å². The van der Waals surface area contributed by atoms with Gasteiger partial charge in [-0.1, -0.05) is 41.6 Å². The lowest BCUT2D eigenvalue weighted by Crippen LogP contribution is -2.25. The first kappa shape index (κ1) is 19.3. The Balaban J connectivity index is 1.85. The predicted octanol–water partition coefficient (Wildman–Crippen LogP) is 4.56. The second-order valence-electron chi connectivity index (χ2n) is 6.55. The van der Waals surface area contributed by atoms with E-state index in [-0.39, 0.29) is 5.56 Å². The zero-order chi connectivity index (χ0) is 19.6. The van der Waals surface area contributed by atoms with Crippen LogP contribution in [0.2, 0.25) is 0 Å². The number of nitrogens with zero attached hydrogens (tertiary/aromatic N) is 2. The van der Waals surface area contributed by atoms with Crippen LogP contribution in [0.3, 0.4) is 0 Å². The van der Waals surface area contributed by atoms with Crippen molar-refractivity contribution < 1.29 is 8.78 Å². The molecule has 6 heteroatoms. The number of hydrogen-bond donors (Lipinski definition) is 0. The fraction of sp³-hybridized carbons (Fsp3) is 0.238. The average Bonchev–Trinajstić information content (AvgIpc) is 2.60. The number of thioether (sulfide) groups is 1. The van der Waals surface area contributed by atoms with Crippen molar-refractivity contribution in [1.82, 2.24) is 9.55 Å². The Hall–Kier alpha value is -2.47. The molecule has 2 aromatic carbocycles. The lowest BCUT2D eigenvalue weighted by Gasteiger charge is -2.12. The van der Waals surface area contributed by atoms with Crippen molar-refractivity contribution in [2.24, 2.45) is 7.05 Å². The fourth-order valence-corrected chi connectivity index (χ4v) is 3.87. The van der Waals surface area contributed by atoms with E-state index in [0.717, 1.165) is 17.2 Å². The van der Waals surface area contributed by atoms with Gasteiger partial charge < -0.3 is 0 Å². The first-order chi connectivity index (χ1) is 12.8. The van der Waals surface area contributed by atoms with Gasteiger partial charge in [-0.05, 0) is 37.1 Å². The van der Waals surface area contributed by atoms with E-state index in [2.05, 4.69) is 11.1 Å². The van der Waals surface area contributed by atoms with E-state index in [0.29, 0.717) is 34.2 Å². The van der Waals surface area contributed by atoms with Gasteiger partial charge in [-0.15, -0.1) is 0 Å². The third-order valence-electron chi connectivity index (χ3n) is 4.30. The van der Waals surface area contributed by atoms with Crippen LogP contribution in [-0.4, -0.2) is 9.55 Å². The number of aryl methyl sites for hydroxylation is 2. The van der Waals surface area contributed by atoms with Crippen molar-refractivity contribution in [3.63, 3.8) is 0 Å². The fourth-order valence-electron chi connectivity index (χ4n) is 2.93. The Morgan fingerprint density at radius 3 is 2.41 bits per heavy atom. The zero-order valence-electron chi connectivity index (χ0n) is 15.4. The van der Waals surface area contributed by atoms with E-state index in [1.807, 2.05) is 32.0 Å². The van der Waals surface area contributed by atoms with Gasteiger partial charge >= 0.3 is 0 Å². The molecule has 0 aliphatic carbocycles. The highest BCUT2D eigenvalue weighted by Crippen LogP contribution is 2.22. The smallest absolute Gasteiger partial charge is 0.257 e. The second-order valence-corrected chi connectivity index (χ2v) is 7.50. The molecule has 0 aliphatic rings. The molecule has 0 atom stereocenters. The summed E-state index contributed by atoms with van der Waals surface area (Å²) in [7, 11) is 1.67. The molecule has 0 aliphatic heterocycles. The molecular formula is C21H20F2N2OS. The van der Waals surface area contributed by atoms with Gasteiger partial charge in [0.15, 0.2) is 5.16 Å². The Morgan fingerprint density at radius 2 is 1.74 bits per heavy atom. The molecule has 0 fully saturated rings. The lowest BCUT2D eigenvalue weighted by molar-refractivity contribution is 0.581. The van der Waals surface area contributed by atoms with E-state index < -0.39 is 11.6 Å². The highest BCUT2D eigenvalue weighted by atomic mass is 32.2. The number of hydrogen-bond acceptors (Lipinski definition) is 3. The molecule has 27 heavy (non-hydrogen) atoms. The van der Waals surface area contributed by atoms with Crippen LogP contribution in [0.15, 0.2) is 52.4 Å². The number of aromatic nitrogens is 2. The van der Waals surface area contributed by atoms with Gasteiger partial charge in [0, 0.05) is 36.5 Å². The average molecular weight is 386 g/mol. The van der Waals surface area contributed by atoms with Gasteiger partial charge in [0.2, 0.25) is 0 Å². The predicted molar refractivity (Wildman–Crippen MR) is 104 cm³/mol. The van der Waals surface area contributed by atoms with Gasteiger partial charge in [-0.25, -0.2) is 13.8 Å². The first-order valence-corrected chi connectivity index (χ1v) is 9.52. The van der Waals surface area contributed by atoms with E-state index >= 15 is 0 Å². The maximum atomic E-state index is 13.3. The van der Waals surface area contributed by atoms with Crippen molar-refractivity contribution in [2.75, 3.05) is 0 Å². The molecule has 0 unspecified atom stereocenters. The molecule has 3 aromatic rings. The van der Waals surface area contributed by atoms with Crippen LogP contribution in [0.25, 0.3) is 0 Å². The molecule has 1 heterocycles. The van der Waals surface area contributed by atoms with Crippen molar-refractivity contribution in [2.45, 2.75) is 31.2 Å². The molecule has 0 bridgehead atoms. The van der Waals surface area contributed by atoms with Crippen LogP contribution < -0.4 is 5.56 Å². The maximum absolute atomic E-state index is 13.3. The summed E-state index contributed by atoms with van der Waals surface area (Å²) >= 11 is 1.28. The van der Waals surface area contributed by atoms with Crippen molar-refractivity contribution in [1.29, 1.82) is 0 Å². The Labute approximate surface area is 161 Å². The monoisotopic (exact) mass is 386 g/mol. The Bertz CT molecular complexity index is 1030. The summed E-state index contributed by atoms with van der Waals surface area (Å²) in [5, 5.41) is 0.523. The number of rotatable bonds is 5. The molecule has 0 saturated carbocycles. The van der Waals surface area contributed by atoms with Crippen LogP contribution in [0.1, 0.15) is 27.9 Å². The van der Waals surface area contributed by atoms with Crippen LogP contribution in [0, 0.1) is 25.5 Å². The van der Waals surface area contributed by atoms with Gasteiger partial charge in [0.1, 0.15) is 11.6 Å². The molecule has 0 radical (unpaired) electrons. The molecule has 0 spiro atoms. The van der Waals surface area contributed by atoms with Gasteiger partial charge in [-0.3, -0.25) is 9.36 Å². The zero-order valence-corrected chi connectivity index (χ0v) is 16.2. The highest BCUT2D eigenvalue weighted by Gasteiger charge is 2.13. The van der Waals surface area contributed by atoms with E-state index in [4.69, 9.17) is 0 Å². The van der Waals surface area contributed by atoms with Gasteiger partial charge in [-0.2, -0.15) is 0 Å². The lowest BCUT2D eigenvalue weighted by atomic mass is 10.0. The topological polar surface area (TPSA) is 34.9 Å². The summed E-state index contributed by atoms with van der Waals surface area (Å²) in [6.45, 7) is 3.83. The molecule has 0 amide bonds. The molecule has 1 aromatic heterocycles. The summed E-state index contributed by atoms with van der Waals surface area (Å²) in [5.41, 5.74) is 3.94. The maximum Gasteiger partial charge on any atom is 0.257 e. The largest absolute Gasteiger partial charge is 0.291 e. The van der Waals surface area contributed by atoms with Crippen LogP contribution >= 0.6 is 11.8 Å². The summed E-state index contributed by atoms with van der Waals surface area (Å²) in [6, 6.07) is 11.4. The van der Waals surface area contributed by atoms with Crippen LogP contribution in [-0.2, 0) is 19.2 Å². The summed E-state index contributed by atoms with van der Waals surface area (Å²) in [6.07, 6.45) is 0.521. The highest BCUT2D eigenvalue weighted by molar-refractivity contribution is 7.98. The van der Waals surface area contributed by atoms with E-state index in [1.54, 1.807) is 7.05 Å². The minimum absolute atomic E-state index is 0.100. The van der Waals surface area contributed by atoms with E-state index in [9.17, 15) is 13.6 Å². The summed E-state index contributed by atoms with van der Waals surface area (Å²) in [4.78, 5) is 17.4. The molecular weight excluding hydrogens is 366 g/mol. The normalized spacial score (nSPS) is 11.0. The molecule has 3 rings (SSSR count). The third-order valence-corrected chi connectivity index (χ3v) is 5.40. The number of halogens is 2. The van der Waals surface area contributed by atoms with Crippen molar-refractivity contribution in [3.8, 4) is 0 Å². The Morgan fingerprint density at radius 1 is 1.04 bits per heavy atom. The minimum Gasteiger partial charge on any atom is -0.291 e. The van der Waals surface area contributed by atoms with Gasteiger partial charge in [0.25, 0.3) is 5.56 Å². The third kappa shape index (κ3) is 4.63. The quantitative estimate of drug-likeness (QED) is 0.476. The van der Waals surface area contributed by atoms with E-state index in [1.165, 1.54) is 28.5 Å².